The Balaban J connectivity index is 1.56. The number of carbonyl (C=O) groups excluding carboxylic acids is 1. The van der Waals surface area contributed by atoms with Gasteiger partial charge >= 0.3 is 0 Å². The Bertz CT molecular complexity index is 844. The summed E-state index contributed by atoms with van der Waals surface area (Å²) in [7, 11) is 1.60. The first-order chi connectivity index (χ1) is 13.2. The number of rotatable bonds is 5. The Morgan fingerprint density at radius 3 is 2.59 bits per heavy atom. The molecule has 2 aromatic rings. The van der Waals surface area contributed by atoms with Crippen LogP contribution in [-0.4, -0.2) is 39.4 Å². The number of nitrogens with zero attached hydrogens (tertiary/aromatic N) is 1. The lowest BCUT2D eigenvalue weighted by Gasteiger charge is -2.32. The van der Waals surface area contributed by atoms with E-state index in [4.69, 9.17) is 18.9 Å². The van der Waals surface area contributed by atoms with E-state index in [2.05, 4.69) is 0 Å². The number of aryl methyl sites for hydroxylation is 1. The molecule has 0 aliphatic carbocycles. The van der Waals surface area contributed by atoms with Crippen molar-refractivity contribution in [1.82, 2.24) is 0 Å². The third kappa shape index (κ3) is 3.05. The van der Waals surface area contributed by atoms with Crippen LogP contribution in [0.5, 0.6) is 11.5 Å². The largest absolute Gasteiger partial charge is 0.493 e. The van der Waals surface area contributed by atoms with E-state index in [1.807, 2.05) is 49.4 Å². The maximum atomic E-state index is 13.2. The van der Waals surface area contributed by atoms with E-state index >= 15 is 0 Å². The summed E-state index contributed by atoms with van der Waals surface area (Å²) >= 11 is 0. The first-order valence-corrected chi connectivity index (χ1v) is 9.12. The fourth-order valence-corrected chi connectivity index (χ4v) is 3.57. The van der Waals surface area contributed by atoms with Gasteiger partial charge in [-0.1, -0.05) is 23.8 Å². The van der Waals surface area contributed by atoms with E-state index in [1.54, 1.807) is 12.0 Å². The van der Waals surface area contributed by atoms with Crippen molar-refractivity contribution in [2.24, 2.45) is 0 Å². The first-order valence-electron chi connectivity index (χ1n) is 9.12. The van der Waals surface area contributed by atoms with Crippen molar-refractivity contribution in [1.29, 1.82) is 0 Å². The van der Waals surface area contributed by atoms with Crippen molar-refractivity contribution < 1.29 is 23.7 Å². The zero-order chi connectivity index (χ0) is 18.9. The van der Waals surface area contributed by atoms with Gasteiger partial charge in [0.2, 0.25) is 0 Å². The molecule has 2 heterocycles. The van der Waals surface area contributed by atoms with E-state index in [0.29, 0.717) is 37.9 Å². The molecule has 0 atom stereocenters. The molecule has 0 radical (unpaired) electrons. The van der Waals surface area contributed by atoms with Gasteiger partial charge in [0, 0.05) is 5.56 Å². The zero-order valence-electron chi connectivity index (χ0n) is 15.6. The van der Waals surface area contributed by atoms with Gasteiger partial charge in [0.1, 0.15) is 6.61 Å². The molecule has 4 rings (SSSR count). The number of fused-ring (bicyclic) bond motifs is 2. The smallest absolute Gasteiger partial charge is 0.292 e. The van der Waals surface area contributed by atoms with Gasteiger partial charge in [0.25, 0.3) is 11.7 Å². The lowest BCUT2D eigenvalue weighted by molar-refractivity contribution is -0.256. The molecular weight excluding hydrogens is 346 g/mol. The molecular formula is C21H23NO5. The molecule has 1 fully saturated rings. The number of hydrogen-bond donors (Lipinski definition) is 0. The molecule has 2 aliphatic rings. The highest BCUT2D eigenvalue weighted by molar-refractivity contribution is 6.06. The first kappa shape index (κ1) is 17.8. The van der Waals surface area contributed by atoms with Crippen LogP contribution in [0.3, 0.4) is 0 Å². The monoisotopic (exact) mass is 369 g/mol. The molecule has 2 aromatic carbocycles. The number of para-hydroxylation sites is 2. The number of ether oxygens (including phenoxy) is 4. The van der Waals surface area contributed by atoms with Gasteiger partial charge in [-0.05, 0) is 37.6 Å². The van der Waals surface area contributed by atoms with E-state index in [0.717, 1.165) is 23.2 Å². The molecule has 27 heavy (non-hydrogen) atoms. The summed E-state index contributed by atoms with van der Waals surface area (Å²) in [5.74, 6) is -0.192. The minimum Gasteiger partial charge on any atom is -0.493 e. The average Bonchev–Trinajstić information content (AvgIpc) is 2.91. The molecule has 1 spiro atoms. The Kier molecular flexibility index (Phi) is 4.76. The highest BCUT2D eigenvalue weighted by Crippen LogP contribution is 2.45. The number of methoxy groups -OCH3 is 1. The van der Waals surface area contributed by atoms with Crippen molar-refractivity contribution in [3.05, 3.63) is 53.6 Å². The summed E-state index contributed by atoms with van der Waals surface area (Å²) < 4.78 is 22.9. The molecule has 0 bridgehead atoms. The predicted octanol–water partition coefficient (Wildman–Crippen LogP) is 3.02. The third-order valence-corrected chi connectivity index (χ3v) is 4.86. The molecule has 0 N–H and O–H groups in total. The van der Waals surface area contributed by atoms with Crippen LogP contribution >= 0.6 is 0 Å². The van der Waals surface area contributed by atoms with Crippen molar-refractivity contribution in [2.75, 3.05) is 38.4 Å². The van der Waals surface area contributed by atoms with E-state index in [-0.39, 0.29) is 5.91 Å². The molecule has 0 aromatic heterocycles. The van der Waals surface area contributed by atoms with Crippen LogP contribution in [0.25, 0.3) is 0 Å². The summed E-state index contributed by atoms with van der Waals surface area (Å²) in [5.41, 5.74) is 2.66. The molecule has 2 aliphatic heterocycles. The van der Waals surface area contributed by atoms with Gasteiger partial charge in [0.05, 0.1) is 32.6 Å². The minimum absolute atomic E-state index is 0.188. The summed E-state index contributed by atoms with van der Waals surface area (Å²) in [6.07, 6.45) is 0.785. The van der Waals surface area contributed by atoms with Crippen LogP contribution in [0.2, 0.25) is 0 Å². The minimum atomic E-state index is -1.32. The molecule has 142 valence electrons. The maximum Gasteiger partial charge on any atom is 0.292 e. The Labute approximate surface area is 158 Å². The molecule has 1 saturated heterocycles. The van der Waals surface area contributed by atoms with E-state index in [9.17, 15) is 4.79 Å². The second-order valence-electron chi connectivity index (χ2n) is 6.64. The molecule has 6 nitrogen and oxygen atoms in total. The quantitative estimate of drug-likeness (QED) is 0.811. The van der Waals surface area contributed by atoms with Gasteiger partial charge in [0.15, 0.2) is 11.5 Å². The van der Waals surface area contributed by atoms with Gasteiger partial charge < -0.3 is 23.8 Å². The van der Waals surface area contributed by atoms with Gasteiger partial charge in [-0.25, -0.2) is 0 Å². The number of carbonyl (C=O) groups is 1. The van der Waals surface area contributed by atoms with Crippen molar-refractivity contribution in [3.63, 3.8) is 0 Å². The van der Waals surface area contributed by atoms with Gasteiger partial charge in [-0.2, -0.15) is 0 Å². The highest BCUT2D eigenvalue weighted by atomic mass is 16.7. The van der Waals surface area contributed by atoms with Crippen LogP contribution in [0, 0.1) is 6.92 Å². The van der Waals surface area contributed by atoms with Crippen molar-refractivity contribution in [2.45, 2.75) is 19.1 Å². The van der Waals surface area contributed by atoms with E-state index < -0.39 is 5.79 Å². The highest BCUT2D eigenvalue weighted by Gasteiger charge is 2.54. The summed E-state index contributed by atoms with van der Waals surface area (Å²) in [4.78, 5) is 14.9. The van der Waals surface area contributed by atoms with Crippen molar-refractivity contribution in [3.8, 4) is 11.5 Å². The van der Waals surface area contributed by atoms with Crippen LogP contribution in [-0.2, 0) is 20.1 Å². The SMILES string of the molecule is COc1ccccc1OCCN1C(=O)C2(OCCCO2)c2cc(C)ccc21. The Morgan fingerprint density at radius 2 is 1.85 bits per heavy atom. The zero-order valence-corrected chi connectivity index (χ0v) is 15.6. The molecule has 0 unspecified atom stereocenters. The van der Waals surface area contributed by atoms with Gasteiger partial charge in [-0.3, -0.25) is 4.79 Å². The second-order valence-corrected chi connectivity index (χ2v) is 6.64. The third-order valence-electron chi connectivity index (χ3n) is 4.86. The lowest BCUT2D eigenvalue weighted by Crippen LogP contribution is -2.48. The average molecular weight is 369 g/mol. The lowest BCUT2D eigenvalue weighted by atomic mass is 10.0. The molecule has 1 amide bonds. The van der Waals surface area contributed by atoms with Crippen LogP contribution in [0.15, 0.2) is 42.5 Å². The van der Waals surface area contributed by atoms with Crippen LogP contribution in [0.4, 0.5) is 5.69 Å². The normalized spacial score (nSPS) is 17.9. The van der Waals surface area contributed by atoms with Gasteiger partial charge in [-0.15, -0.1) is 0 Å². The fourth-order valence-electron chi connectivity index (χ4n) is 3.57. The van der Waals surface area contributed by atoms with Crippen molar-refractivity contribution >= 4 is 11.6 Å². The van der Waals surface area contributed by atoms with Crippen LogP contribution in [0.1, 0.15) is 17.5 Å². The Hall–Kier alpha value is -2.57. The molecule has 0 saturated carbocycles. The number of anilines is 1. The summed E-state index contributed by atoms with van der Waals surface area (Å²) in [6, 6.07) is 13.4. The number of benzene rings is 2. The predicted molar refractivity (Wildman–Crippen MR) is 100 cm³/mol. The van der Waals surface area contributed by atoms with Crippen LogP contribution < -0.4 is 14.4 Å². The number of hydrogen-bond acceptors (Lipinski definition) is 5. The fraction of sp³-hybridized carbons (Fsp3) is 0.381. The summed E-state index contributed by atoms with van der Waals surface area (Å²) in [6.45, 7) is 3.72. The second kappa shape index (κ2) is 7.21. The standard InChI is InChI=1S/C21H23NO5/c1-15-8-9-17-16(14-15)21(26-11-5-12-27-21)20(23)22(17)10-13-25-19-7-4-3-6-18(19)24-2/h3-4,6-9,14H,5,10-13H2,1-2H3. The Morgan fingerprint density at radius 1 is 1.11 bits per heavy atom. The molecule has 6 heteroatoms. The van der Waals surface area contributed by atoms with E-state index in [1.165, 1.54) is 0 Å². The topological polar surface area (TPSA) is 57.2 Å². The number of amides is 1. The maximum absolute atomic E-state index is 13.2. The summed E-state index contributed by atoms with van der Waals surface area (Å²) in [5, 5.41) is 0.